The van der Waals surface area contributed by atoms with Crippen molar-refractivity contribution in [3.8, 4) is 0 Å². The molecule has 1 unspecified atom stereocenters. The van der Waals surface area contributed by atoms with E-state index in [0.29, 0.717) is 13.2 Å². The average Bonchev–Trinajstić information content (AvgIpc) is 2.45. The number of halogens is 1. The van der Waals surface area contributed by atoms with Crippen molar-refractivity contribution in [2.45, 2.75) is 17.5 Å². The number of benzene rings is 1. The Kier molecular flexibility index (Phi) is 5.28. The molecule has 0 amide bonds. The Labute approximate surface area is 124 Å². The molecule has 1 heterocycles. The maximum Gasteiger partial charge on any atom is 0.241 e. The number of hydrogen-bond acceptors (Lipinski definition) is 5. The van der Waals surface area contributed by atoms with Crippen molar-refractivity contribution in [2.75, 3.05) is 33.3 Å². The Morgan fingerprint density at radius 1 is 1.52 bits per heavy atom. The maximum atomic E-state index is 13.6. The predicted octanol–water partition coefficient (Wildman–Crippen LogP) is -0.107. The minimum absolute atomic E-state index is 0.00770. The summed E-state index contributed by atoms with van der Waals surface area (Å²) >= 11 is 0. The fourth-order valence-electron chi connectivity index (χ4n) is 2.26. The molecule has 1 saturated heterocycles. The van der Waals surface area contributed by atoms with Gasteiger partial charge < -0.3 is 15.4 Å². The number of nitrogens with one attached hydrogen (secondary N) is 1. The molecule has 0 spiro atoms. The molecule has 2 rings (SSSR count). The number of rotatable bonds is 5. The lowest BCUT2D eigenvalue weighted by Crippen LogP contribution is -2.46. The number of sulfonamides is 1. The molecule has 1 atom stereocenters. The van der Waals surface area contributed by atoms with E-state index in [1.807, 2.05) is 7.05 Å². The van der Waals surface area contributed by atoms with Gasteiger partial charge in [-0.05, 0) is 19.2 Å². The summed E-state index contributed by atoms with van der Waals surface area (Å²) in [5.41, 5.74) is 5.43. The fourth-order valence-corrected chi connectivity index (χ4v) is 3.58. The van der Waals surface area contributed by atoms with Crippen LogP contribution in [-0.4, -0.2) is 52.7 Å². The van der Waals surface area contributed by atoms with Crippen molar-refractivity contribution >= 4 is 10.0 Å². The van der Waals surface area contributed by atoms with Crippen LogP contribution in [0.15, 0.2) is 23.1 Å². The van der Waals surface area contributed by atoms with E-state index in [9.17, 15) is 12.8 Å². The fraction of sp³-hybridized carbons (Fsp3) is 0.538. The average molecular weight is 317 g/mol. The van der Waals surface area contributed by atoms with E-state index in [4.69, 9.17) is 10.5 Å². The highest BCUT2D eigenvalue weighted by molar-refractivity contribution is 7.89. The number of morpholine rings is 1. The van der Waals surface area contributed by atoms with E-state index in [1.54, 1.807) is 0 Å². The van der Waals surface area contributed by atoms with Crippen LogP contribution in [0.1, 0.15) is 5.56 Å². The van der Waals surface area contributed by atoms with E-state index < -0.39 is 15.8 Å². The van der Waals surface area contributed by atoms with Crippen LogP contribution in [0.2, 0.25) is 0 Å². The summed E-state index contributed by atoms with van der Waals surface area (Å²) in [4.78, 5) is 1.95. The zero-order valence-corrected chi connectivity index (χ0v) is 12.7. The van der Waals surface area contributed by atoms with E-state index in [2.05, 4.69) is 9.62 Å². The van der Waals surface area contributed by atoms with Gasteiger partial charge in [0.1, 0.15) is 5.82 Å². The standard InChI is InChI=1S/C13H20FN3O3S/c1-17-5-6-20-10(9-17)8-16-21(18,19)13-4-2-3-12(14)11(13)7-15/h2-4,10,16H,5-9,15H2,1H3. The summed E-state index contributed by atoms with van der Waals surface area (Å²) < 4.78 is 46.2. The molecule has 1 aromatic rings. The molecule has 118 valence electrons. The minimum atomic E-state index is -3.81. The molecule has 0 saturated carbocycles. The van der Waals surface area contributed by atoms with E-state index >= 15 is 0 Å². The normalized spacial score (nSPS) is 20.6. The second-order valence-electron chi connectivity index (χ2n) is 5.03. The summed E-state index contributed by atoms with van der Waals surface area (Å²) in [6, 6.07) is 3.90. The van der Waals surface area contributed by atoms with Gasteiger partial charge in [-0.3, -0.25) is 0 Å². The Balaban J connectivity index is 2.10. The maximum absolute atomic E-state index is 13.6. The number of hydrogen-bond donors (Lipinski definition) is 2. The third-order valence-corrected chi connectivity index (χ3v) is 4.92. The number of ether oxygens (including phenoxy) is 1. The number of nitrogens with two attached hydrogens (primary N) is 1. The molecule has 21 heavy (non-hydrogen) atoms. The summed E-state index contributed by atoms with van der Waals surface area (Å²) in [6.07, 6.45) is -0.214. The number of nitrogens with zero attached hydrogens (tertiary/aromatic N) is 1. The highest BCUT2D eigenvalue weighted by atomic mass is 32.2. The lowest BCUT2D eigenvalue weighted by atomic mass is 10.2. The molecular formula is C13H20FN3O3S. The van der Waals surface area contributed by atoms with Gasteiger partial charge in [0.25, 0.3) is 0 Å². The molecule has 0 bridgehead atoms. The van der Waals surface area contributed by atoms with Crippen LogP contribution < -0.4 is 10.5 Å². The van der Waals surface area contributed by atoms with Gasteiger partial charge >= 0.3 is 0 Å². The molecule has 3 N–H and O–H groups in total. The lowest BCUT2D eigenvalue weighted by Gasteiger charge is -2.30. The highest BCUT2D eigenvalue weighted by Crippen LogP contribution is 2.18. The Bertz CT molecular complexity index is 594. The van der Waals surface area contributed by atoms with Crippen LogP contribution in [0, 0.1) is 5.82 Å². The van der Waals surface area contributed by atoms with E-state index in [1.165, 1.54) is 18.2 Å². The minimum Gasteiger partial charge on any atom is -0.374 e. The summed E-state index contributed by atoms with van der Waals surface area (Å²) in [7, 11) is -1.86. The first kappa shape index (κ1) is 16.3. The monoisotopic (exact) mass is 317 g/mol. The van der Waals surface area contributed by atoms with Crippen molar-refractivity contribution in [1.29, 1.82) is 0 Å². The van der Waals surface area contributed by atoms with Crippen LogP contribution >= 0.6 is 0 Å². The molecule has 1 aliphatic rings. The summed E-state index contributed by atoms with van der Waals surface area (Å²) in [5, 5.41) is 0. The second kappa shape index (κ2) is 6.80. The van der Waals surface area contributed by atoms with Crippen LogP contribution in [0.5, 0.6) is 0 Å². The van der Waals surface area contributed by atoms with Gasteiger partial charge in [0.2, 0.25) is 10.0 Å². The predicted molar refractivity (Wildman–Crippen MR) is 76.7 cm³/mol. The Morgan fingerprint density at radius 2 is 2.29 bits per heavy atom. The van der Waals surface area contributed by atoms with Crippen molar-refractivity contribution in [1.82, 2.24) is 9.62 Å². The van der Waals surface area contributed by atoms with Gasteiger partial charge in [-0.25, -0.2) is 17.5 Å². The van der Waals surface area contributed by atoms with Crippen molar-refractivity contribution < 1.29 is 17.5 Å². The van der Waals surface area contributed by atoms with Crippen LogP contribution in [0.25, 0.3) is 0 Å². The van der Waals surface area contributed by atoms with Gasteiger partial charge in [-0.2, -0.15) is 0 Å². The Hall–Kier alpha value is -1.06. The zero-order valence-electron chi connectivity index (χ0n) is 11.9. The van der Waals surface area contributed by atoms with Crippen molar-refractivity contribution in [2.24, 2.45) is 5.73 Å². The molecule has 8 heteroatoms. The van der Waals surface area contributed by atoms with E-state index in [0.717, 1.165) is 6.54 Å². The van der Waals surface area contributed by atoms with Gasteiger partial charge in [-0.1, -0.05) is 6.07 Å². The highest BCUT2D eigenvalue weighted by Gasteiger charge is 2.23. The first-order valence-electron chi connectivity index (χ1n) is 6.71. The summed E-state index contributed by atoms with van der Waals surface area (Å²) in [5.74, 6) is -0.617. The molecule has 0 radical (unpaired) electrons. The molecular weight excluding hydrogens is 297 g/mol. The quantitative estimate of drug-likeness (QED) is 0.792. The molecule has 0 aromatic heterocycles. The van der Waals surface area contributed by atoms with Crippen LogP contribution in [-0.2, 0) is 21.3 Å². The van der Waals surface area contributed by atoms with Gasteiger partial charge in [0.05, 0.1) is 17.6 Å². The molecule has 0 aliphatic carbocycles. The Morgan fingerprint density at radius 3 is 2.95 bits per heavy atom. The second-order valence-corrected chi connectivity index (χ2v) is 6.76. The first-order valence-corrected chi connectivity index (χ1v) is 8.19. The first-order chi connectivity index (χ1) is 9.94. The largest absolute Gasteiger partial charge is 0.374 e. The molecule has 6 nitrogen and oxygen atoms in total. The SMILES string of the molecule is CN1CCOC(CNS(=O)(=O)c2cccc(F)c2CN)C1. The van der Waals surface area contributed by atoms with Crippen molar-refractivity contribution in [3.63, 3.8) is 0 Å². The third kappa shape index (κ3) is 3.98. The lowest BCUT2D eigenvalue weighted by molar-refractivity contribution is -0.0156. The van der Waals surface area contributed by atoms with Crippen molar-refractivity contribution in [3.05, 3.63) is 29.6 Å². The smallest absolute Gasteiger partial charge is 0.241 e. The number of likely N-dealkylation sites (N-methyl/N-ethyl adjacent to an activating group) is 1. The molecule has 1 aromatic carbocycles. The molecule has 1 aliphatic heterocycles. The third-order valence-electron chi connectivity index (χ3n) is 3.41. The van der Waals surface area contributed by atoms with Gasteiger partial charge in [0.15, 0.2) is 0 Å². The summed E-state index contributed by atoms with van der Waals surface area (Å²) in [6.45, 7) is 2.01. The van der Waals surface area contributed by atoms with Gasteiger partial charge in [0, 0.05) is 31.7 Å². The zero-order chi connectivity index (χ0) is 15.5. The van der Waals surface area contributed by atoms with Crippen LogP contribution in [0.3, 0.4) is 0 Å². The molecule has 1 fully saturated rings. The van der Waals surface area contributed by atoms with E-state index in [-0.39, 0.29) is 29.7 Å². The van der Waals surface area contributed by atoms with Gasteiger partial charge in [-0.15, -0.1) is 0 Å². The van der Waals surface area contributed by atoms with Crippen LogP contribution in [0.4, 0.5) is 4.39 Å². The topological polar surface area (TPSA) is 84.7 Å².